The summed E-state index contributed by atoms with van der Waals surface area (Å²) < 4.78 is 1.98. The third-order valence-corrected chi connectivity index (χ3v) is 5.03. The second kappa shape index (κ2) is 5.35. The van der Waals surface area contributed by atoms with Crippen LogP contribution in [0.15, 0.2) is 34.1 Å². The summed E-state index contributed by atoms with van der Waals surface area (Å²) in [6, 6.07) is 7.64. The zero-order chi connectivity index (χ0) is 11.7. The van der Waals surface area contributed by atoms with Crippen LogP contribution in [0.2, 0.25) is 5.02 Å². The molecule has 1 N–H and O–H groups in total. The van der Waals surface area contributed by atoms with Gasteiger partial charge in [0.15, 0.2) is 0 Å². The third kappa shape index (κ3) is 2.61. The summed E-state index contributed by atoms with van der Waals surface area (Å²) in [6.45, 7) is 0. The molecule has 0 amide bonds. The van der Waals surface area contributed by atoms with Gasteiger partial charge in [-0.05, 0) is 52.2 Å². The number of rotatable bonds is 2. The maximum atomic E-state index is 10.3. The Bertz CT molecular complexity index is 514. The van der Waals surface area contributed by atoms with Crippen molar-refractivity contribution in [2.24, 2.45) is 0 Å². The van der Waals surface area contributed by atoms with Crippen LogP contribution in [0.3, 0.4) is 0 Å². The number of aliphatic hydroxyl groups is 1. The molecule has 0 radical (unpaired) electrons. The highest BCUT2D eigenvalue weighted by atomic mass is 127. The van der Waals surface area contributed by atoms with Gasteiger partial charge in [0.2, 0.25) is 0 Å². The van der Waals surface area contributed by atoms with E-state index in [0.717, 1.165) is 18.5 Å². The van der Waals surface area contributed by atoms with Crippen LogP contribution in [-0.2, 0) is 0 Å². The molecule has 1 aromatic heterocycles. The van der Waals surface area contributed by atoms with Crippen LogP contribution in [0, 0.1) is 3.57 Å². The largest absolute Gasteiger partial charge is 0.383 e. The fraction of sp³-hybridized carbons (Fsp3) is 0.0909. The molecule has 1 nitrogen and oxygen atoms in total. The van der Waals surface area contributed by atoms with Crippen molar-refractivity contribution in [1.82, 2.24) is 0 Å². The van der Waals surface area contributed by atoms with Gasteiger partial charge in [-0.3, -0.25) is 0 Å². The lowest BCUT2D eigenvalue weighted by atomic mass is 10.1. The molecule has 1 heterocycles. The Morgan fingerprint density at radius 3 is 2.75 bits per heavy atom. The van der Waals surface area contributed by atoms with Crippen LogP contribution >= 0.6 is 61.5 Å². The topological polar surface area (TPSA) is 20.2 Å². The number of aliphatic hydroxyl groups excluding tert-OH is 1. The molecular weight excluding hydrogens is 422 g/mol. The lowest BCUT2D eigenvalue weighted by molar-refractivity contribution is 0.223. The first-order chi connectivity index (χ1) is 7.59. The first-order valence-electron chi connectivity index (χ1n) is 4.45. The molecule has 1 aromatic carbocycles. The van der Waals surface area contributed by atoms with Crippen LogP contribution in [0.5, 0.6) is 0 Å². The smallest absolute Gasteiger partial charge is 0.116 e. The molecule has 5 heteroatoms. The van der Waals surface area contributed by atoms with E-state index in [4.69, 9.17) is 11.6 Å². The zero-order valence-corrected chi connectivity index (χ0v) is 13.3. The molecule has 1 atom stereocenters. The highest BCUT2D eigenvalue weighted by Crippen LogP contribution is 2.35. The minimum atomic E-state index is -0.656. The Kier molecular flexibility index (Phi) is 4.29. The van der Waals surface area contributed by atoms with Crippen LogP contribution in [0.4, 0.5) is 0 Å². The van der Waals surface area contributed by atoms with E-state index in [0.29, 0.717) is 5.02 Å². The molecule has 2 rings (SSSR count). The van der Waals surface area contributed by atoms with Crippen LogP contribution in [0.1, 0.15) is 16.5 Å². The van der Waals surface area contributed by atoms with Gasteiger partial charge in [0.25, 0.3) is 0 Å². The van der Waals surface area contributed by atoms with Crippen molar-refractivity contribution >= 4 is 61.5 Å². The second-order valence-electron chi connectivity index (χ2n) is 3.20. The van der Waals surface area contributed by atoms with E-state index in [9.17, 15) is 5.11 Å². The predicted octanol–water partition coefficient (Wildman–Crippen LogP) is 4.85. The Hall–Kier alpha value is 0.380. The van der Waals surface area contributed by atoms with Crippen molar-refractivity contribution in [2.45, 2.75) is 6.10 Å². The Labute approximate surface area is 125 Å². The summed E-state index contributed by atoms with van der Waals surface area (Å²) in [6.07, 6.45) is -0.656. The Morgan fingerprint density at radius 2 is 2.12 bits per heavy atom. The van der Waals surface area contributed by atoms with Gasteiger partial charge in [-0.25, -0.2) is 0 Å². The summed E-state index contributed by atoms with van der Waals surface area (Å²) in [5.41, 5.74) is 0.874. The SMILES string of the molecule is OC(c1cc(Br)ccc1I)c1sccc1Cl. The number of benzene rings is 1. The van der Waals surface area contributed by atoms with Crippen molar-refractivity contribution in [3.05, 3.63) is 53.2 Å². The summed E-state index contributed by atoms with van der Waals surface area (Å²) >= 11 is 13.1. The molecular formula is C11H7BrClIOS. The summed E-state index contributed by atoms with van der Waals surface area (Å²) in [7, 11) is 0. The van der Waals surface area contributed by atoms with Gasteiger partial charge in [0, 0.05) is 13.6 Å². The van der Waals surface area contributed by atoms with Gasteiger partial charge in [-0.15, -0.1) is 11.3 Å². The monoisotopic (exact) mass is 428 g/mol. The van der Waals surface area contributed by atoms with Crippen LogP contribution in [0.25, 0.3) is 0 Å². The number of halogens is 3. The standard InChI is InChI=1S/C11H7BrClIOS/c12-6-1-2-9(14)7(5-6)10(15)11-8(13)3-4-16-11/h1-5,10,15H. The maximum Gasteiger partial charge on any atom is 0.116 e. The average molecular weight is 430 g/mol. The Balaban J connectivity index is 2.45. The van der Waals surface area contributed by atoms with Gasteiger partial charge in [0.05, 0.1) is 9.90 Å². The fourth-order valence-electron chi connectivity index (χ4n) is 1.37. The molecule has 0 spiro atoms. The normalized spacial score (nSPS) is 12.8. The van der Waals surface area contributed by atoms with Crippen LogP contribution in [-0.4, -0.2) is 5.11 Å². The second-order valence-corrected chi connectivity index (χ2v) is 6.63. The van der Waals surface area contributed by atoms with Crippen molar-refractivity contribution in [1.29, 1.82) is 0 Å². The van der Waals surface area contributed by atoms with Gasteiger partial charge < -0.3 is 5.11 Å². The Morgan fingerprint density at radius 1 is 1.38 bits per heavy atom. The minimum absolute atomic E-state index is 0.619. The molecule has 84 valence electrons. The van der Waals surface area contributed by atoms with Crippen molar-refractivity contribution in [2.75, 3.05) is 0 Å². The highest BCUT2D eigenvalue weighted by Gasteiger charge is 2.17. The van der Waals surface area contributed by atoms with Gasteiger partial charge >= 0.3 is 0 Å². The first kappa shape index (κ1) is 12.8. The van der Waals surface area contributed by atoms with E-state index in [1.165, 1.54) is 11.3 Å². The molecule has 0 aliphatic rings. The molecule has 0 aliphatic carbocycles. The van der Waals surface area contributed by atoms with E-state index in [1.807, 2.05) is 23.6 Å². The molecule has 0 saturated carbocycles. The summed E-state index contributed by atoms with van der Waals surface area (Å²) in [5, 5.41) is 12.8. The molecule has 0 bridgehead atoms. The van der Waals surface area contributed by atoms with Gasteiger partial charge in [-0.2, -0.15) is 0 Å². The summed E-state index contributed by atoms with van der Waals surface area (Å²) in [5.74, 6) is 0. The van der Waals surface area contributed by atoms with E-state index >= 15 is 0 Å². The number of hydrogen-bond acceptors (Lipinski definition) is 2. The number of hydrogen-bond donors (Lipinski definition) is 1. The lowest BCUT2D eigenvalue weighted by Crippen LogP contribution is -2.00. The molecule has 1 unspecified atom stereocenters. The van der Waals surface area contributed by atoms with Crippen molar-refractivity contribution in [3.8, 4) is 0 Å². The highest BCUT2D eigenvalue weighted by molar-refractivity contribution is 14.1. The van der Waals surface area contributed by atoms with Crippen molar-refractivity contribution in [3.63, 3.8) is 0 Å². The molecule has 16 heavy (non-hydrogen) atoms. The van der Waals surface area contributed by atoms with E-state index in [2.05, 4.69) is 38.5 Å². The third-order valence-electron chi connectivity index (χ3n) is 2.15. The molecule has 2 aromatic rings. The predicted molar refractivity (Wildman–Crippen MR) is 80.2 cm³/mol. The zero-order valence-electron chi connectivity index (χ0n) is 7.95. The van der Waals surface area contributed by atoms with E-state index in [1.54, 1.807) is 6.07 Å². The molecule has 0 aliphatic heterocycles. The fourth-order valence-corrected chi connectivity index (χ4v) is 3.54. The number of thiophene rings is 1. The van der Waals surface area contributed by atoms with Gasteiger partial charge in [-0.1, -0.05) is 27.5 Å². The maximum absolute atomic E-state index is 10.3. The van der Waals surface area contributed by atoms with Gasteiger partial charge in [0.1, 0.15) is 6.10 Å². The quantitative estimate of drug-likeness (QED) is 0.677. The summed E-state index contributed by atoms with van der Waals surface area (Å²) in [4.78, 5) is 0.790. The van der Waals surface area contributed by atoms with E-state index in [-0.39, 0.29) is 0 Å². The minimum Gasteiger partial charge on any atom is -0.383 e. The molecule has 0 fully saturated rings. The van der Waals surface area contributed by atoms with E-state index < -0.39 is 6.10 Å². The first-order valence-corrected chi connectivity index (χ1v) is 7.58. The lowest BCUT2D eigenvalue weighted by Gasteiger charge is -2.12. The van der Waals surface area contributed by atoms with Crippen LogP contribution < -0.4 is 0 Å². The van der Waals surface area contributed by atoms with Crippen molar-refractivity contribution < 1.29 is 5.11 Å². The molecule has 0 saturated heterocycles. The average Bonchev–Trinajstić information content (AvgIpc) is 2.67.